The lowest BCUT2D eigenvalue weighted by Crippen LogP contribution is -2.43. The predicted molar refractivity (Wildman–Crippen MR) is 82.4 cm³/mol. The van der Waals surface area contributed by atoms with Crippen molar-refractivity contribution in [2.75, 3.05) is 25.1 Å². The van der Waals surface area contributed by atoms with Crippen LogP contribution in [-0.2, 0) is 9.59 Å². The summed E-state index contributed by atoms with van der Waals surface area (Å²) in [5, 5.41) is 0. The average molecular weight is 353 g/mol. The van der Waals surface area contributed by atoms with E-state index < -0.39 is 0 Å². The van der Waals surface area contributed by atoms with E-state index >= 15 is 0 Å². The van der Waals surface area contributed by atoms with Gasteiger partial charge in [0.05, 0.1) is 11.6 Å². The van der Waals surface area contributed by atoms with Crippen molar-refractivity contribution in [2.24, 2.45) is 0 Å². The first kappa shape index (κ1) is 14.4. The Bertz CT molecular complexity index is 590. The lowest BCUT2D eigenvalue weighted by molar-refractivity contribution is -0.135. The highest BCUT2D eigenvalue weighted by molar-refractivity contribution is 9.10. The minimum Gasteiger partial charge on any atom is -0.495 e. The SMILES string of the molecule is COc1cc(N2CCC(=O)N3CCCC3C2=O)ccc1Br. The molecule has 2 aliphatic heterocycles. The van der Waals surface area contributed by atoms with Gasteiger partial charge in [-0.25, -0.2) is 0 Å². The molecule has 1 aromatic rings. The highest BCUT2D eigenvalue weighted by Gasteiger charge is 2.39. The van der Waals surface area contributed by atoms with Crippen molar-refractivity contribution in [3.63, 3.8) is 0 Å². The summed E-state index contributed by atoms with van der Waals surface area (Å²) in [7, 11) is 1.59. The number of carbonyl (C=O) groups excluding carboxylic acids is 2. The zero-order chi connectivity index (χ0) is 15.0. The second kappa shape index (κ2) is 5.67. The Kier molecular flexibility index (Phi) is 3.89. The Hall–Kier alpha value is -1.56. The molecule has 2 amide bonds. The molecule has 0 spiro atoms. The van der Waals surface area contributed by atoms with Gasteiger partial charge in [0.1, 0.15) is 11.8 Å². The maximum absolute atomic E-state index is 12.7. The minimum absolute atomic E-state index is 0.0164. The molecule has 112 valence electrons. The molecule has 2 heterocycles. The molecule has 1 atom stereocenters. The minimum atomic E-state index is -0.297. The fourth-order valence-corrected chi connectivity index (χ4v) is 3.44. The van der Waals surface area contributed by atoms with Crippen LogP contribution in [0.25, 0.3) is 0 Å². The van der Waals surface area contributed by atoms with Crippen molar-refractivity contribution in [1.29, 1.82) is 0 Å². The Morgan fingerprint density at radius 1 is 1.29 bits per heavy atom. The summed E-state index contributed by atoms with van der Waals surface area (Å²) < 4.78 is 6.13. The molecule has 0 aromatic heterocycles. The van der Waals surface area contributed by atoms with Crippen LogP contribution in [0.2, 0.25) is 0 Å². The van der Waals surface area contributed by atoms with Crippen LogP contribution in [0.1, 0.15) is 19.3 Å². The molecule has 0 aliphatic carbocycles. The number of methoxy groups -OCH3 is 1. The molecule has 5 nitrogen and oxygen atoms in total. The highest BCUT2D eigenvalue weighted by Crippen LogP contribution is 2.32. The molecule has 1 aromatic carbocycles. The predicted octanol–water partition coefficient (Wildman–Crippen LogP) is 2.19. The smallest absolute Gasteiger partial charge is 0.249 e. The third-order valence-electron chi connectivity index (χ3n) is 4.12. The zero-order valence-electron chi connectivity index (χ0n) is 11.8. The van der Waals surface area contributed by atoms with Crippen molar-refractivity contribution in [3.8, 4) is 5.75 Å². The number of halogens is 1. The molecule has 2 aliphatic rings. The monoisotopic (exact) mass is 352 g/mol. The summed E-state index contributed by atoms with van der Waals surface area (Å²) in [6.45, 7) is 1.13. The standard InChI is InChI=1S/C15H17BrN2O3/c1-21-13-9-10(4-5-11(13)16)17-8-6-14(19)18-7-2-3-12(18)15(17)20/h4-5,9,12H,2-3,6-8H2,1H3. The van der Waals surface area contributed by atoms with Crippen LogP contribution >= 0.6 is 15.9 Å². The summed E-state index contributed by atoms with van der Waals surface area (Å²) in [5.74, 6) is 0.777. The summed E-state index contributed by atoms with van der Waals surface area (Å²) >= 11 is 3.41. The quantitative estimate of drug-likeness (QED) is 0.819. The van der Waals surface area contributed by atoms with Crippen molar-refractivity contribution >= 4 is 33.4 Å². The van der Waals surface area contributed by atoms with Gasteiger partial charge in [-0.1, -0.05) is 0 Å². The maximum Gasteiger partial charge on any atom is 0.249 e. The molecule has 2 fully saturated rings. The Balaban J connectivity index is 1.94. The molecular formula is C15H17BrN2O3. The van der Waals surface area contributed by atoms with Crippen molar-refractivity contribution in [2.45, 2.75) is 25.3 Å². The van der Waals surface area contributed by atoms with E-state index in [-0.39, 0.29) is 17.9 Å². The van der Waals surface area contributed by atoms with Gasteiger partial charge in [0, 0.05) is 31.3 Å². The van der Waals surface area contributed by atoms with Gasteiger partial charge in [-0.15, -0.1) is 0 Å². The molecule has 1 unspecified atom stereocenters. The topological polar surface area (TPSA) is 49.9 Å². The fourth-order valence-electron chi connectivity index (χ4n) is 3.04. The lowest BCUT2D eigenvalue weighted by atomic mass is 10.2. The molecule has 0 N–H and O–H groups in total. The van der Waals surface area contributed by atoms with Crippen LogP contribution < -0.4 is 9.64 Å². The first-order chi connectivity index (χ1) is 10.1. The number of nitrogens with zero attached hydrogens (tertiary/aromatic N) is 2. The maximum atomic E-state index is 12.7. The van der Waals surface area contributed by atoms with E-state index in [1.165, 1.54) is 0 Å². The molecule has 2 saturated heterocycles. The Morgan fingerprint density at radius 2 is 2.10 bits per heavy atom. The van der Waals surface area contributed by atoms with E-state index in [1.807, 2.05) is 18.2 Å². The van der Waals surface area contributed by atoms with Gasteiger partial charge in [-0.2, -0.15) is 0 Å². The summed E-state index contributed by atoms with van der Waals surface area (Å²) in [5.41, 5.74) is 0.779. The third kappa shape index (κ3) is 2.52. The third-order valence-corrected chi connectivity index (χ3v) is 4.78. The average Bonchev–Trinajstić information content (AvgIpc) is 2.94. The van der Waals surface area contributed by atoms with Crippen LogP contribution in [0.5, 0.6) is 5.75 Å². The van der Waals surface area contributed by atoms with Crippen molar-refractivity contribution < 1.29 is 14.3 Å². The molecule has 0 radical (unpaired) electrons. The van der Waals surface area contributed by atoms with E-state index in [0.29, 0.717) is 25.3 Å². The van der Waals surface area contributed by atoms with Gasteiger partial charge in [-0.3, -0.25) is 9.59 Å². The second-order valence-electron chi connectivity index (χ2n) is 5.30. The van der Waals surface area contributed by atoms with Gasteiger partial charge in [0.15, 0.2) is 0 Å². The zero-order valence-corrected chi connectivity index (χ0v) is 13.4. The number of ether oxygens (including phenoxy) is 1. The van der Waals surface area contributed by atoms with E-state index in [4.69, 9.17) is 4.74 Å². The van der Waals surface area contributed by atoms with E-state index in [9.17, 15) is 9.59 Å². The number of rotatable bonds is 2. The van der Waals surface area contributed by atoms with Crippen molar-refractivity contribution in [1.82, 2.24) is 4.90 Å². The number of benzene rings is 1. The van der Waals surface area contributed by atoms with Gasteiger partial charge >= 0.3 is 0 Å². The van der Waals surface area contributed by atoms with Gasteiger partial charge in [0.2, 0.25) is 11.8 Å². The van der Waals surface area contributed by atoms with E-state index in [2.05, 4.69) is 15.9 Å². The highest BCUT2D eigenvalue weighted by atomic mass is 79.9. The van der Waals surface area contributed by atoms with E-state index in [0.717, 1.165) is 23.0 Å². The number of amides is 2. The number of fused-ring (bicyclic) bond motifs is 1. The molecule has 0 bridgehead atoms. The molecule has 21 heavy (non-hydrogen) atoms. The number of carbonyl (C=O) groups is 2. The number of hydrogen-bond donors (Lipinski definition) is 0. The number of anilines is 1. The van der Waals surface area contributed by atoms with Crippen LogP contribution in [0, 0.1) is 0 Å². The van der Waals surface area contributed by atoms with Crippen molar-refractivity contribution in [3.05, 3.63) is 22.7 Å². The Morgan fingerprint density at radius 3 is 2.86 bits per heavy atom. The van der Waals surface area contributed by atoms with E-state index in [1.54, 1.807) is 16.9 Å². The molecule has 0 saturated carbocycles. The van der Waals surface area contributed by atoms with Crippen LogP contribution in [0.4, 0.5) is 5.69 Å². The van der Waals surface area contributed by atoms with Gasteiger partial charge in [-0.05, 0) is 40.9 Å². The van der Waals surface area contributed by atoms with Crippen LogP contribution in [-0.4, -0.2) is 43.0 Å². The fraction of sp³-hybridized carbons (Fsp3) is 0.467. The van der Waals surface area contributed by atoms with Crippen LogP contribution in [0.3, 0.4) is 0 Å². The van der Waals surface area contributed by atoms with Gasteiger partial charge in [0.25, 0.3) is 0 Å². The molecule has 3 rings (SSSR count). The van der Waals surface area contributed by atoms with Crippen LogP contribution in [0.15, 0.2) is 22.7 Å². The normalized spacial score (nSPS) is 22.3. The largest absolute Gasteiger partial charge is 0.495 e. The number of hydrogen-bond acceptors (Lipinski definition) is 3. The summed E-state index contributed by atoms with van der Waals surface area (Å²) in [6.07, 6.45) is 2.04. The molecule has 6 heteroatoms. The first-order valence-electron chi connectivity index (χ1n) is 7.06. The Labute approximate surface area is 132 Å². The van der Waals surface area contributed by atoms with Gasteiger partial charge < -0.3 is 14.5 Å². The summed E-state index contributed by atoms with van der Waals surface area (Å²) in [6, 6.07) is 5.27. The lowest BCUT2D eigenvalue weighted by Gasteiger charge is -2.25. The first-order valence-corrected chi connectivity index (χ1v) is 7.85. The second-order valence-corrected chi connectivity index (χ2v) is 6.16. The summed E-state index contributed by atoms with van der Waals surface area (Å²) in [4.78, 5) is 28.3. The molecular weight excluding hydrogens is 336 g/mol.